The van der Waals surface area contributed by atoms with Crippen LogP contribution >= 0.6 is 11.6 Å². The van der Waals surface area contributed by atoms with E-state index >= 15 is 0 Å². The van der Waals surface area contributed by atoms with Crippen LogP contribution in [0.2, 0.25) is 0 Å². The molecule has 5 rings (SSSR count). The van der Waals surface area contributed by atoms with E-state index in [1.165, 1.54) is 12.8 Å². The monoisotopic (exact) mass is 1010 g/mol. The molecule has 6 atom stereocenters. The molecule has 0 spiro atoms. The number of esters is 2. The number of ketones is 2. The zero-order valence-corrected chi connectivity index (χ0v) is 45.3. The second-order valence-electron chi connectivity index (χ2n) is 22.1. The summed E-state index contributed by atoms with van der Waals surface area (Å²) in [6.45, 7) is 22.1. The van der Waals surface area contributed by atoms with Gasteiger partial charge in [0.15, 0.2) is 5.78 Å². The molecule has 0 radical (unpaired) electrons. The van der Waals surface area contributed by atoms with Gasteiger partial charge in [-0.3, -0.25) is 19.2 Å². The van der Waals surface area contributed by atoms with Gasteiger partial charge in [-0.2, -0.15) is 0 Å². The molecule has 1 aliphatic heterocycles. The lowest BCUT2D eigenvalue weighted by molar-refractivity contribution is -0.156. The van der Waals surface area contributed by atoms with Gasteiger partial charge in [-0.15, -0.1) is 0 Å². The molecular weight excluding hydrogens is 920 g/mol. The van der Waals surface area contributed by atoms with Crippen LogP contribution in [0.3, 0.4) is 0 Å². The maximum Gasteiger partial charge on any atom is 0.307 e. The molecular formula is C58H86ClN2O10+. The number of carbonyl (C=O) groups is 4. The Balaban J connectivity index is 0.000000318. The fourth-order valence-corrected chi connectivity index (χ4v) is 8.92. The smallest absolute Gasteiger partial charge is 0.307 e. The first kappa shape index (κ1) is 60.8. The summed E-state index contributed by atoms with van der Waals surface area (Å²) in [5.41, 5.74) is 1.81. The molecule has 1 fully saturated rings. The Hall–Kier alpha value is -4.48. The number of allylic oxidation sites excluding steroid dienone is 6. The van der Waals surface area contributed by atoms with Crippen molar-refractivity contribution in [3.63, 3.8) is 0 Å². The third-order valence-corrected chi connectivity index (χ3v) is 12.8. The second-order valence-corrected chi connectivity index (χ2v) is 22.5. The normalized spacial score (nSPS) is 20.6. The van der Waals surface area contributed by atoms with Crippen LogP contribution in [0, 0.1) is 47.5 Å². The van der Waals surface area contributed by atoms with Crippen molar-refractivity contribution < 1.29 is 48.2 Å². The van der Waals surface area contributed by atoms with Crippen molar-refractivity contribution in [2.45, 2.75) is 183 Å². The van der Waals surface area contributed by atoms with Crippen LogP contribution < -0.4 is 0 Å². The number of oxime groups is 2. The molecule has 1 aromatic rings. The Morgan fingerprint density at radius 3 is 2.07 bits per heavy atom. The van der Waals surface area contributed by atoms with Crippen LogP contribution in [0.1, 0.15) is 165 Å². The Morgan fingerprint density at radius 2 is 1.48 bits per heavy atom. The maximum atomic E-state index is 13.0. The molecule has 1 aromatic carbocycles. The molecule has 1 saturated carbocycles. The first-order valence-corrected chi connectivity index (χ1v) is 26.4. The van der Waals surface area contributed by atoms with Gasteiger partial charge in [0.2, 0.25) is 0 Å². The summed E-state index contributed by atoms with van der Waals surface area (Å²) in [6.07, 6.45) is 25.2. The van der Waals surface area contributed by atoms with Crippen LogP contribution in [-0.4, -0.2) is 76.7 Å². The van der Waals surface area contributed by atoms with Crippen molar-refractivity contribution in [1.29, 1.82) is 0 Å². The zero-order chi connectivity index (χ0) is 52.4. The molecule has 394 valence electrons. The molecule has 1 N–H and O–H groups in total. The van der Waals surface area contributed by atoms with Crippen LogP contribution in [0.25, 0.3) is 0 Å². The predicted molar refractivity (Wildman–Crippen MR) is 282 cm³/mol. The largest absolute Gasteiger partial charge is 0.460 e. The summed E-state index contributed by atoms with van der Waals surface area (Å²) >= 11 is 5.90. The molecule has 12 nitrogen and oxygen atoms in total. The number of rotatable bonds is 24. The van der Waals surface area contributed by atoms with E-state index in [-0.39, 0.29) is 59.6 Å². The van der Waals surface area contributed by atoms with Crippen molar-refractivity contribution in [2.24, 2.45) is 51.7 Å². The summed E-state index contributed by atoms with van der Waals surface area (Å²) in [6, 6.07) is 10.1. The standard InChI is InChI=1S/C29H43NO5.C18H24ClNO4.C11H18O/c1-20(2)13-14-22-15-16-24(31)26-27(30-35-28(22)26)23(18-25(32)34-29(3,4)5)12-9-17-33-19-21-10-7-6-8-11-21;1-18(2,3)24-16(21)12-15(17(19)20-22)10-7-11-23-13-14-8-5-4-6-9-14;1-9(2)3-4-10-5-7-11(12)8-6-10/h6-8,10-11,20,22-23,26,28H,9,12-19H2,1-5H3;4-5,8-9,15H,7,10-13H2,1-3H3;5,7,9-10H,3-4,6,8H2,1-2H3/p+1/b;20-17-;/t22?,23-,26?,28?;15-;/m00./s1. The Labute approximate surface area is 431 Å². The summed E-state index contributed by atoms with van der Waals surface area (Å²) in [7, 11) is 0. The van der Waals surface area contributed by atoms with Gasteiger partial charge >= 0.3 is 11.9 Å². The van der Waals surface area contributed by atoms with E-state index < -0.39 is 11.2 Å². The molecule has 4 aliphatic rings. The molecule has 1 heterocycles. The summed E-state index contributed by atoms with van der Waals surface area (Å²) in [4.78, 5) is 54.5. The van der Waals surface area contributed by atoms with E-state index in [0.717, 1.165) is 61.3 Å². The van der Waals surface area contributed by atoms with Crippen molar-refractivity contribution in [3.8, 4) is 0 Å². The minimum Gasteiger partial charge on any atom is -0.460 e. The number of Topliss-reactive ketones (excluding diaryl/α,β-unsaturated/α-hetero) is 1. The lowest BCUT2D eigenvalue weighted by atomic mass is 9.71. The number of fused-ring (bicyclic) bond motifs is 1. The minimum atomic E-state index is -0.556. The SMILES string of the molecule is CC(C)(C)OC(=O)C[C@H](CCCOCC1=CC=C[C+]=C1)/C(Cl)=N/O.CC(C)CCC1C=CC(=O)CC1.CC(C)CCC1CCC(=O)C2C([C@@H](CCCOCc3ccccc3)CC(=O)OC(C)(C)C)=NOC12. The van der Waals surface area contributed by atoms with Gasteiger partial charge in [-0.05, 0) is 122 Å². The molecule has 71 heavy (non-hydrogen) atoms. The Bertz CT molecular complexity index is 1970. The molecule has 13 heteroatoms. The predicted octanol–water partition coefficient (Wildman–Crippen LogP) is 13.1. The number of carbonyl (C=O) groups excluding carboxylic acids is 4. The fourth-order valence-electron chi connectivity index (χ4n) is 8.73. The number of benzene rings is 1. The highest BCUT2D eigenvalue weighted by atomic mass is 35.5. The molecule has 0 saturated heterocycles. The van der Waals surface area contributed by atoms with Gasteiger partial charge in [-0.25, -0.2) is 0 Å². The van der Waals surface area contributed by atoms with Gasteiger partial charge in [0.05, 0.1) is 42.7 Å². The number of nitrogens with zero attached hydrogens (tertiary/aromatic N) is 2. The average Bonchev–Trinajstić information content (AvgIpc) is 3.76. The van der Waals surface area contributed by atoms with Crippen molar-refractivity contribution in [1.82, 2.24) is 0 Å². The van der Waals surface area contributed by atoms with Crippen molar-refractivity contribution in [2.75, 3.05) is 19.8 Å². The van der Waals surface area contributed by atoms with E-state index in [2.05, 4.69) is 50.2 Å². The van der Waals surface area contributed by atoms with E-state index in [4.69, 9.17) is 40.6 Å². The molecule has 0 amide bonds. The first-order valence-electron chi connectivity index (χ1n) is 26.1. The third kappa shape index (κ3) is 25.7. The lowest BCUT2D eigenvalue weighted by Gasteiger charge is -2.32. The van der Waals surface area contributed by atoms with Gasteiger partial charge in [0.25, 0.3) is 0 Å². The van der Waals surface area contributed by atoms with Crippen LogP contribution in [-0.2, 0) is 49.6 Å². The third-order valence-electron chi connectivity index (χ3n) is 12.4. The van der Waals surface area contributed by atoms with E-state index in [1.807, 2.05) is 75.4 Å². The van der Waals surface area contributed by atoms with E-state index in [1.54, 1.807) is 26.8 Å². The minimum absolute atomic E-state index is 0.0125. The second kappa shape index (κ2) is 31.9. The lowest BCUT2D eigenvalue weighted by Crippen LogP contribution is -2.43. The van der Waals surface area contributed by atoms with Gasteiger partial charge in [-0.1, -0.05) is 98.9 Å². The first-order chi connectivity index (χ1) is 33.6. The zero-order valence-electron chi connectivity index (χ0n) is 44.6. The quantitative estimate of drug-likeness (QED) is 0.0264. The van der Waals surface area contributed by atoms with Crippen LogP contribution in [0.5, 0.6) is 0 Å². The van der Waals surface area contributed by atoms with Crippen LogP contribution in [0.15, 0.2) is 82.7 Å². The Kier molecular flexibility index (Phi) is 27.3. The topological polar surface area (TPSA) is 159 Å². The number of hydrogen-bond donors (Lipinski definition) is 1. The highest BCUT2D eigenvalue weighted by molar-refractivity contribution is 6.65. The molecule has 0 bridgehead atoms. The van der Waals surface area contributed by atoms with Gasteiger partial charge in [0.1, 0.15) is 47.0 Å². The highest BCUT2D eigenvalue weighted by Crippen LogP contribution is 2.40. The summed E-state index contributed by atoms with van der Waals surface area (Å²) in [5.74, 6) is 1.38. The fraction of sp³-hybridized carbons (Fsp3) is 0.655. The average molecular weight is 1010 g/mol. The molecule has 4 unspecified atom stereocenters. The van der Waals surface area contributed by atoms with Gasteiger partial charge < -0.3 is 29.0 Å². The molecule has 0 aromatic heterocycles. The number of halogens is 1. The number of ether oxygens (including phenoxy) is 4. The highest BCUT2D eigenvalue weighted by Gasteiger charge is 2.49. The van der Waals surface area contributed by atoms with Crippen molar-refractivity contribution in [3.05, 3.63) is 84.0 Å². The Morgan fingerprint density at radius 1 is 0.845 bits per heavy atom. The maximum absolute atomic E-state index is 13.0. The van der Waals surface area contributed by atoms with Crippen molar-refractivity contribution >= 4 is 46.0 Å². The summed E-state index contributed by atoms with van der Waals surface area (Å²) < 4.78 is 22.3. The number of hydrogen-bond acceptors (Lipinski definition) is 12. The van der Waals surface area contributed by atoms with E-state index in [0.29, 0.717) is 75.6 Å². The molecule has 3 aliphatic carbocycles. The van der Waals surface area contributed by atoms with Crippen LogP contribution in [0.4, 0.5) is 0 Å². The summed E-state index contributed by atoms with van der Waals surface area (Å²) in [5, 5.41) is 16.3. The van der Waals surface area contributed by atoms with Gasteiger partial charge in [0, 0.05) is 56.0 Å². The van der Waals surface area contributed by atoms with E-state index in [9.17, 15) is 19.2 Å².